The Labute approximate surface area is 172 Å². The van der Waals surface area contributed by atoms with Gasteiger partial charge in [-0.25, -0.2) is 19.2 Å². The number of hydrogen-bond donors (Lipinski definition) is 0. The van der Waals surface area contributed by atoms with Gasteiger partial charge in [0.25, 0.3) is 11.5 Å². The average molecular weight is 426 g/mol. The van der Waals surface area contributed by atoms with Crippen LogP contribution in [0.3, 0.4) is 0 Å². The van der Waals surface area contributed by atoms with E-state index >= 15 is 0 Å². The Morgan fingerprint density at radius 3 is 1.97 bits per heavy atom. The van der Waals surface area contributed by atoms with E-state index in [1.54, 1.807) is 24.3 Å². The van der Waals surface area contributed by atoms with Crippen LogP contribution >= 0.6 is 0 Å². The number of esters is 2. The van der Waals surface area contributed by atoms with Gasteiger partial charge in [0.15, 0.2) is 11.5 Å². The second-order valence-electron chi connectivity index (χ2n) is 6.49. The van der Waals surface area contributed by atoms with Crippen molar-refractivity contribution >= 4 is 11.9 Å². The number of hydrogen-bond acceptors (Lipinski definition) is 10. The molecule has 158 valence electrons. The van der Waals surface area contributed by atoms with Crippen molar-refractivity contribution in [2.45, 2.75) is 20.5 Å². The fourth-order valence-electron chi connectivity index (χ4n) is 2.91. The van der Waals surface area contributed by atoms with Gasteiger partial charge in [0.05, 0.1) is 0 Å². The highest BCUT2D eigenvalue weighted by Crippen LogP contribution is 2.28. The van der Waals surface area contributed by atoms with Gasteiger partial charge in [0.2, 0.25) is 0 Å². The molecule has 0 N–H and O–H groups in total. The Morgan fingerprint density at radius 1 is 0.806 bits per heavy atom. The van der Waals surface area contributed by atoms with Crippen molar-refractivity contribution in [2.75, 3.05) is 0 Å². The van der Waals surface area contributed by atoms with Crippen molar-refractivity contribution < 1.29 is 36.7 Å². The molecule has 0 atom stereocenters. The summed E-state index contributed by atoms with van der Waals surface area (Å²) in [6, 6.07) is 10.2. The predicted molar refractivity (Wildman–Crippen MR) is 101 cm³/mol. The fourth-order valence-corrected chi connectivity index (χ4v) is 2.91. The van der Waals surface area contributed by atoms with Crippen LogP contribution < -0.4 is 16.4 Å². The van der Waals surface area contributed by atoms with Gasteiger partial charge in [0.1, 0.15) is 12.4 Å². The molecule has 10 nitrogen and oxygen atoms in total. The van der Waals surface area contributed by atoms with Crippen LogP contribution in [-0.2, 0) is 11.3 Å². The minimum absolute atomic E-state index is 0.00126. The highest BCUT2D eigenvalue weighted by Gasteiger charge is 2.21. The molecule has 0 unspecified atom stereocenters. The van der Waals surface area contributed by atoms with Gasteiger partial charge < -0.3 is 27.1 Å². The lowest BCUT2D eigenvalue weighted by atomic mass is 10.2. The number of carbonyl (C=O) groups excluding carboxylic acids is 2. The highest BCUT2D eigenvalue weighted by atomic mass is 16.6. The molecule has 31 heavy (non-hydrogen) atoms. The Morgan fingerprint density at radius 2 is 1.39 bits per heavy atom. The smallest absolute Gasteiger partial charge is 0.455 e. The van der Waals surface area contributed by atoms with E-state index in [1.807, 2.05) is 6.07 Å². The summed E-state index contributed by atoms with van der Waals surface area (Å²) >= 11 is 0. The first-order chi connectivity index (χ1) is 14.8. The minimum Gasteiger partial charge on any atom is -0.455 e. The van der Waals surface area contributed by atoms with Crippen molar-refractivity contribution in [3.05, 3.63) is 86.2 Å². The van der Waals surface area contributed by atoms with E-state index in [0.717, 1.165) is 11.1 Å². The molecule has 0 saturated carbocycles. The Bertz CT molecular complexity index is 1360. The Hall–Kier alpha value is -4.34. The highest BCUT2D eigenvalue weighted by molar-refractivity contribution is 5.89. The monoisotopic (exact) mass is 426 g/mol. The molecular weight excluding hydrogens is 412 g/mol. The van der Waals surface area contributed by atoms with Crippen LogP contribution in [0.4, 0.5) is 0 Å². The molecule has 0 radical (unpaired) electrons. The number of ether oxygens (including phenoxy) is 2. The second-order valence-corrected chi connectivity index (χ2v) is 6.49. The molecule has 10 heteroatoms. The van der Waals surface area contributed by atoms with Crippen LogP contribution in [0.1, 0.15) is 38.2 Å². The van der Waals surface area contributed by atoms with Crippen LogP contribution in [0.25, 0.3) is 11.1 Å². The summed E-state index contributed by atoms with van der Waals surface area (Å²) in [5, 5.41) is 0. The number of carbonyl (C=O) groups is 2. The minimum atomic E-state index is -1.02. The van der Waals surface area contributed by atoms with E-state index in [2.05, 4.69) is 13.3 Å². The topological polar surface area (TPSA) is 139 Å². The molecule has 0 spiro atoms. The van der Waals surface area contributed by atoms with Gasteiger partial charge in [0, 0.05) is 0 Å². The van der Waals surface area contributed by atoms with Crippen LogP contribution in [0.5, 0.6) is 5.75 Å². The van der Waals surface area contributed by atoms with Crippen LogP contribution in [-0.4, -0.2) is 11.9 Å². The lowest BCUT2D eigenvalue weighted by Gasteiger charge is -2.03. The average Bonchev–Trinajstić information content (AvgIpc) is 3.35. The summed E-state index contributed by atoms with van der Waals surface area (Å²) < 4.78 is 29.2. The first-order valence-electron chi connectivity index (χ1n) is 8.93. The van der Waals surface area contributed by atoms with Gasteiger partial charge in [-0.15, -0.1) is 0 Å². The van der Waals surface area contributed by atoms with Crippen molar-refractivity contribution in [3.63, 3.8) is 0 Å². The third kappa shape index (κ3) is 4.17. The summed E-state index contributed by atoms with van der Waals surface area (Å²) in [6.45, 7) is 2.57. The van der Waals surface area contributed by atoms with Crippen molar-refractivity contribution in [3.8, 4) is 16.9 Å². The first-order valence-corrected chi connectivity index (χ1v) is 8.93. The van der Waals surface area contributed by atoms with E-state index in [9.17, 15) is 19.2 Å². The number of rotatable bonds is 5. The van der Waals surface area contributed by atoms with Gasteiger partial charge in [-0.2, -0.15) is 0 Å². The Kier molecular flexibility index (Phi) is 5.04. The predicted octanol–water partition coefficient (Wildman–Crippen LogP) is 3.08. The number of fused-ring (bicyclic) bond motifs is 1. The zero-order valence-corrected chi connectivity index (χ0v) is 16.3. The van der Waals surface area contributed by atoms with E-state index < -0.39 is 23.6 Å². The third-order valence-corrected chi connectivity index (χ3v) is 4.29. The van der Waals surface area contributed by atoms with Crippen LogP contribution in [0.2, 0.25) is 0 Å². The molecule has 2 aliphatic rings. The normalized spacial score (nSPS) is 10.9. The van der Waals surface area contributed by atoms with E-state index in [0.29, 0.717) is 5.56 Å². The molecule has 0 bridgehead atoms. The van der Waals surface area contributed by atoms with E-state index in [1.165, 1.54) is 19.9 Å². The SMILES string of the molecule is Cc1oc(=O)oc1C(=O)OCc1cc(OC(=O)c2oc(=O)oc2C)cc2cccc-2c1. The molecular formula is C21H14O10. The summed E-state index contributed by atoms with van der Waals surface area (Å²) in [5.41, 5.74) is 2.03. The van der Waals surface area contributed by atoms with Crippen LogP contribution in [0, 0.1) is 13.8 Å². The molecule has 0 fully saturated rings. The van der Waals surface area contributed by atoms with Crippen molar-refractivity contribution in [2.24, 2.45) is 0 Å². The fraction of sp³-hybridized carbons (Fsp3) is 0.143. The van der Waals surface area contributed by atoms with Crippen molar-refractivity contribution in [1.29, 1.82) is 0 Å². The molecule has 2 aromatic rings. The van der Waals surface area contributed by atoms with Gasteiger partial charge >= 0.3 is 23.6 Å². The zero-order chi connectivity index (χ0) is 22.1. The second kappa shape index (κ2) is 7.82. The quantitative estimate of drug-likeness (QED) is 0.437. The largest absolute Gasteiger partial charge is 0.519 e. The lowest BCUT2D eigenvalue weighted by Crippen LogP contribution is -2.09. The van der Waals surface area contributed by atoms with E-state index in [4.69, 9.17) is 13.9 Å². The molecule has 2 aliphatic carbocycles. The molecule has 0 aromatic carbocycles. The van der Waals surface area contributed by atoms with Crippen LogP contribution in [0.15, 0.2) is 63.7 Å². The summed E-state index contributed by atoms with van der Waals surface area (Å²) in [4.78, 5) is 46.8. The number of aryl methyl sites for hydroxylation is 2. The molecule has 0 amide bonds. The summed E-state index contributed by atoms with van der Waals surface area (Å²) in [6.07, 6.45) is 0. The molecule has 4 rings (SSSR count). The first kappa shape index (κ1) is 20.0. The summed E-state index contributed by atoms with van der Waals surface area (Å²) in [7, 11) is 0. The zero-order valence-electron chi connectivity index (χ0n) is 16.3. The maximum absolute atomic E-state index is 12.4. The maximum Gasteiger partial charge on any atom is 0.519 e. The third-order valence-electron chi connectivity index (χ3n) is 4.29. The Balaban J connectivity index is 1.60. The molecule has 0 aliphatic heterocycles. The standard InChI is InChI=1S/C21H14O10/c1-10-16(30-20(24)27-10)18(22)26-9-12-6-13-4-3-5-14(13)8-15(7-12)29-19(23)17-11(2)28-21(25)31-17/h3-8H,9H2,1-2H3. The van der Waals surface area contributed by atoms with Gasteiger partial charge in [-0.3, -0.25) is 0 Å². The molecule has 2 heterocycles. The molecule has 0 saturated heterocycles. The van der Waals surface area contributed by atoms with Gasteiger partial charge in [-0.05, 0) is 48.7 Å². The summed E-state index contributed by atoms with van der Waals surface area (Å²) in [5.74, 6) is -4.42. The van der Waals surface area contributed by atoms with E-state index in [-0.39, 0.29) is 35.4 Å². The van der Waals surface area contributed by atoms with Gasteiger partial charge in [-0.1, -0.05) is 18.2 Å². The maximum atomic E-state index is 12.4. The van der Waals surface area contributed by atoms with Crippen molar-refractivity contribution in [1.82, 2.24) is 0 Å². The molecule has 2 aromatic heterocycles. The lowest BCUT2D eigenvalue weighted by molar-refractivity contribution is 0.0431.